The van der Waals surface area contributed by atoms with E-state index in [9.17, 15) is 4.79 Å². The summed E-state index contributed by atoms with van der Waals surface area (Å²) in [6.07, 6.45) is 2.00. The number of rotatable bonds is 5. The van der Waals surface area contributed by atoms with E-state index in [4.69, 9.17) is 0 Å². The molecule has 1 amide bonds. The monoisotopic (exact) mass is 380 g/mol. The maximum atomic E-state index is 12.8. The number of benzene rings is 1. The lowest BCUT2D eigenvalue weighted by Crippen LogP contribution is -2.31. The third-order valence-electron chi connectivity index (χ3n) is 3.90. The van der Waals surface area contributed by atoms with Crippen molar-refractivity contribution < 1.29 is 4.79 Å². The van der Waals surface area contributed by atoms with Crippen LogP contribution in [0.3, 0.4) is 0 Å². The first-order valence-electron chi connectivity index (χ1n) is 8.26. The fraction of sp³-hybridized carbons (Fsp3) is 0.158. The van der Waals surface area contributed by atoms with Gasteiger partial charge in [-0.15, -0.1) is 11.3 Å². The first-order valence-corrected chi connectivity index (χ1v) is 9.96. The fourth-order valence-electron chi connectivity index (χ4n) is 2.64. The Labute approximate surface area is 159 Å². The molecule has 0 aliphatic carbocycles. The van der Waals surface area contributed by atoms with E-state index in [1.165, 1.54) is 22.7 Å². The summed E-state index contributed by atoms with van der Waals surface area (Å²) in [6, 6.07) is 13.7. The summed E-state index contributed by atoms with van der Waals surface area (Å²) in [5.74, 6) is 0.00410. The molecule has 0 bridgehead atoms. The van der Waals surface area contributed by atoms with Gasteiger partial charge in [-0.3, -0.25) is 14.7 Å². The molecule has 0 N–H and O–H groups in total. The first kappa shape index (κ1) is 16.8. The average molecular weight is 380 g/mol. The number of fused-ring (bicyclic) bond motifs is 1. The SMILES string of the molecule is CCN(C(=O)Cc1csc(-c2ccccn2)n1)c1nc2ccccc2s1. The number of carbonyl (C=O) groups is 1. The number of amides is 1. The number of hydrogen-bond acceptors (Lipinski definition) is 6. The van der Waals surface area contributed by atoms with Crippen molar-refractivity contribution in [3.05, 3.63) is 59.7 Å². The van der Waals surface area contributed by atoms with Crippen LogP contribution in [0.5, 0.6) is 0 Å². The lowest BCUT2D eigenvalue weighted by molar-refractivity contribution is -0.118. The number of hydrogen-bond donors (Lipinski definition) is 0. The molecule has 3 heterocycles. The van der Waals surface area contributed by atoms with E-state index in [0.29, 0.717) is 6.54 Å². The quantitative estimate of drug-likeness (QED) is 0.514. The molecule has 0 radical (unpaired) electrons. The minimum absolute atomic E-state index is 0.00410. The van der Waals surface area contributed by atoms with E-state index in [-0.39, 0.29) is 12.3 Å². The molecule has 0 fully saturated rings. The zero-order chi connectivity index (χ0) is 17.9. The molecule has 4 rings (SSSR count). The third-order valence-corrected chi connectivity index (χ3v) is 5.87. The van der Waals surface area contributed by atoms with Gasteiger partial charge in [-0.25, -0.2) is 9.97 Å². The number of likely N-dealkylation sites (N-methyl/N-ethyl adjacent to an activating group) is 1. The van der Waals surface area contributed by atoms with E-state index in [1.54, 1.807) is 11.1 Å². The Bertz CT molecular complexity index is 1010. The highest BCUT2D eigenvalue weighted by Crippen LogP contribution is 2.29. The Hall–Kier alpha value is -2.64. The van der Waals surface area contributed by atoms with Crippen molar-refractivity contribution in [1.82, 2.24) is 15.0 Å². The van der Waals surface area contributed by atoms with Gasteiger partial charge in [-0.05, 0) is 31.2 Å². The van der Waals surface area contributed by atoms with Crippen molar-refractivity contribution >= 4 is 43.9 Å². The second kappa shape index (κ2) is 7.31. The molecule has 130 valence electrons. The second-order valence-corrected chi connectivity index (χ2v) is 7.51. The molecule has 5 nitrogen and oxygen atoms in total. The largest absolute Gasteiger partial charge is 0.288 e. The summed E-state index contributed by atoms with van der Waals surface area (Å²) < 4.78 is 1.08. The Balaban J connectivity index is 1.54. The van der Waals surface area contributed by atoms with E-state index >= 15 is 0 Å². The Morgan fingerprint density at radius 2 is 1.96 bits per heavy atom. The zero-order valence-electron chi connectivity index (χ0n) is 14.1. The highest BCUT2D eigenvalue weighted by Gasteiger charge is 2.19. The minimum atomic E-state index is 0.00410. The van der Waals surface area contributed by atoms with Crippen molar-refractivity contribution in [3.8, 4) is 10.7 Å². The molecule has 3 aromatic heterocycles. The van der Waals surface area contributed by atoms with Crippen molar-refractivity contribution in [3.63, 3.8) is 0 Å². The van der Waals surface area contributed by atoms with Gasteiger partial charge in [0, 0.05) is 18.1 Å². The van der Waals surface area contributed by atoms with E-state index in [1.807, 2.05) is 54.8 Å². The van der Waals surface area contributed by atoms with Gasteiger partial charge >= 0.3 is 0 Å². The summed E-state index contributed by atoms with van der Waals surface area (Å²) in [5.41, 5.74) is 2.51. The summed E-state index contributed by atoms with van der Waals surface area (Å²) in [5, 5.41) is 3.49. The van der Waals surface area contributed by atoms with Crippen molar-refractivity contribution in [2.24, 2.45) is 0 Å². The normalized spacial score (nSPS) is 11.0. The molecule has 0 aliphatic rings. The number of carbonyl (C=O) groups excluding carboxylic acids is 1. The van der Waals surface area contributed by atoms with Gasteiger partial charge in [0.25, 0.3) is 0 Å². The van der Waals surface area contributed by atoms with Crippen molar-refractivity contribution in [1.29, 1.82) is 0 Å². The van der Waals surface area contributed by atoms with Gasteiger partial charge in [-0.2, -0.15) is 0 Å². The second-order valence-electron chi connectivity index (χ2n) is 5.64. The van der Waals surface area contributed by atoms with Gasteiger partial charge in [0.05, 0.1) is 28.0 Å². The van der Waals surface area contributed by atoms with Gasteiger partial charge in [-0.1, -0.05) is 29.5 Å². The fourth-order valence-corrected chi connectivity index (χ4v) is 4.48. The Morgan fingerprint density at radius 3 is 2.73 bits per heavy atom. The van der Waals surface area contributed by atoms with Crippen LogP contribution in [0, 0.1) is 0 Å². The van der Waals surface area contributed by atoms with Crippen molar-refractivity contribution in [2.45, 2.75) is 13.3 Å². The third kappa shape index (κ3) is 3.36. The molecule has 4 aromatic rings. The summed E-state index contributed by atoms with van der Waals surface area (Å²) in [4.78, 5) is 28.0. The van der Waals surface area contributed by atoms with Crippen LogP contribution < -0.4 is 4.90 Å². The Morgan fingerprint density at radius 1 is 1.12 bits per heavy atom. The molecule has 26 heavy (non-hydrogen) atoms. The minimum Gasteiger partial charge on any atom is -0.288 e. The van der Waals surface area contributed by atoms with Crippen LogP contribution >= 0.6 is 22.7 Å². The van der Waals surface area contributed by atoms with E-state index in [2.05, 4.69) is 15.0 Å². The van der Waals surface area contributed by atoms with E-state index < -0.39 is 0 Å². The number of nitrogens with zero attached hydrogens (tertiary/aromatic N) is 4. The smallest absolute Gasteiger partial charge is 0.234 e. The number of thiazole rings is 2. The topological polar surface area (TPSA) is 59.0 Å². The lowest BCUT2D eigenvalue weighted by Gasteiger charge is -2.16. The van der Waals surface area contributed by atoms with Crippen LogP contribution in [0.15, 0.2) is 54.0 Å². The molecule has 1 aromatic carbocycles. The Kier molecular flexibility index (Phi) is 4.73. The number of anilines is 1. The first-order chi connectivity index (χ1) is 12.7. The van der Waals surface area contributed by atoms with Gasteiger partial charge in [0.15, 0.2) is 5.13 Å². The van der Waals surface area contributed by atoms with Crippen LogP contribution in [0.4, 0.5) is 5.13 Å². The standard InChI is InChI=1S/C19H16N4OS2/c1-2-23(19-22-14-7-3-4-9-16(14)26-19)17(24)11-13-12-25-18(21-13)15-8-5-6-10-20-15/h3-10,12H,2,11H2,1H3. The molecule has 0 aliphatic heterocycles. The highest BCUT2D eigenvalue weighted by atomic mass is 32.1. The van der Waals surface area contributed by atoms with Crippen LogP contribution in [-0.4, -0.2) is 27.4 Å². The number of para-hydroxylation sites is 1. The van der Waals surface area contributed by atoms with E-state index in [0.717, 1.165) is 31.7 Å². The molecule has 7 heteroatoms. The molecule has 0 saturated carbocycles. The molecule has 0 unspecified atom stereocenters. The number of pyridine rings is 1. The predicted molar refractivity (Wildman–Crippen MR) is 107 cm³/mol. The van der Waals surface area contributed by atoms with Gasteiger partial charge in [0.1, 0.15) is 5.01 Å². The predicted octanol–water partition coefficient (Wildman–Crippen LogP) is 4.41. The molecule has 0 saturated heterocycles. The highest BCUT2D eigenvalue weighted by molar-refractivity contribution is 7.22. The average Bonchev–Trinajstić information content (AvgIpc) is 3.30. The van der Waals surface area contributed by atoms with Gasteiger partial charge < -0.3 is 0 Å². The molecular weight excluding hydrogens is 364 g/mol. The summed E-state index contributed by atoms with van der Waals surface area (Å²) in [6.45, 7) is 2.54. The molecule has 0 atom stereocenters. The summed E-state index contributed by atoms with van der Waals surface area (Å²) in [7, 11) is 0. The lowest BCUT2D eigenvalue weighted by atomic mass is 10.3. The van der Waals surface area contributed by atoms with Crippen LogP contribution in [0.1, 0.15) is 12.6 Å². The maximum absolute atomic E-state index is 12.8. The van der Waals surface area contributed by atoms with Crippen LogP contribution in [0.25, 0.3) is 20.9 Å². The molecular formula is C19H16N4OS2. The van der Waals surface area contributed by atoms with Crippen LogP contribution in [0.2, 0.25) is 0 Å². The molecule has 0 spiro atoms. The maximum Gasteiger partial charge on any atom is 0.234 e. The zero-order valence-corrected chi connectivity index (χ0v) is 15.8. The van der Waals surface area contributed by atoms with Crippen molar-refractivity contribution in [2.75, 3.05) is 11.4 Å². The number of aromatic nitrogens is 3. The summed E-state index contributed by atoms with van der Waals surface area (Å²) >= 11 is 3.04. The van der Waals surface area contributed by atoms with Gasteiger partial charge in [0.2, 0.25) is 5.91 Å². The van der Waals surface area contributed by atoms with Crippen LogP contribution in [-0.2, 0) is 11.2 Å².